The monoisotopic (exact) mass is 344 g/mol. The summed E-state index contributed by atoms with van der Waals surface area (Å²) in [5.74, 6) is -1.13. The zero-order valence-corrected chi connectivity index (χ0v) is 13.9. The van der Waals surface area contributed by atoms with Crippen LogP contribution in [0, 0.1) is 18.6 Å². The summed E-state index contributed by atoms with van der Waals surface area (Å²) in [6.07, 6.45) is 0. The lowest BCUT2D eigenvalue weighted by Crippen LogP contribution is -2.14. The van der Waals surface area contributed by atoms with Gasteiger partial charge in [0.15, 0.2) is 4.80 Å². The summed E-state index contributed by atoms with van der Waals surface area (Å²) >= 11 is 1.37. The van der Waals surface area contributed by atoms with Crippen LogP contribution in [0.2, 0.25) is 0 Å². The Morgan fingerprint density at radius 2 is 1.54 bits per heavy atom. The van der Waals surface area contributed by atoms with Gasteiger partial charge in [0.1, 0.15) is 11.6 Å². The van der Waals surface area contributed by atoms with Gasteiger partial charge in [0.2, 0.25) is 0 Å². The zero-order valence-electron chi connectivity index (χ0n) is 13.1. The van der Waals surface area contributed by atoms with E-state index in [9.17, 15) is 13.6 Å². The standard InChI is InChI=1S/C18H14F2N2OS/c1-11-16(12-3-7-14(19)8-4-12)22(2)18(24-11)21-17(23)13-5-9-15(20)10-6-13/h3-10H,1-2H3. The highest BCUT2D eigenvalue weighted by molar-refractivity contribution is 7.09. The minimum Gasteiger partial charge on any atom is -0.319 e. The van der Waals surface area contributed by atoms with Crippen molar-refractivity contribution in [3.05, 3.63) is 75.4 Å². The van der Waals surface area contributed by atoms with E-state index in [1.807, 2.05) is 6.92 Å². The van der Waals surface area contributed by atoms with Gasteiger partial charge in [-0.1, -0.05) is 0 Å². The molecule has 3 aromatic rings. The van der Waals surface area contributed by atoms with E-state index < -0.39 is 11.7 Å². The van der Waals surface area contributed by atoms with Gasteiger partial charge in [-0.2, -0.15) is 4.99 Å². The molecule has 122 valence electrons. The molecule has 0 unspecified atom stereocenters. The van der Waals surface area contributed by atoms with E-state index in [-0.39, 0.29) is 5.82 Å². The van der Waals surface area contributed by atoms with Gasteiger partial charge in [0, 0.05) is 17.5 Å². The third kappa shape index (κ3) is 3.19. The summed E-state index contributed by atoms with van der Waals surface area (Å²) in [4.78, 5) is 17.9. The zero-order chi connectivity index (χ0) is 17.3. The second-order valence-electron chi connectivity index (χ2n) is 5.28. The van der Waals surface area contributed by atoms with Gasteiger partial charge in [-0.3, -0.25) is 4.79 Å². The lowest BCUT2D eigenvalue weighted by atomic mass is 10.1. The normalized spacial score (nSPS) is 11.8. The van der Waals surface area contributed by atoms with Crippen LogP contribution >= 0.6 is 11.3 Å². The number of carbonyl (C=O) groups is 1. The molecule has 0 aliphatic heterocycles. The van der Waals surface area contributed by atoms with Crippen LogP contribution in [-0.4, -0.2) is 10.5 Å². The Labute approximate surface area is 141 Å². The van der Waals surface area contributed by atoms with Crippen LogP contribution < -0.4 is 4.80 Å². The summed E-state index contributed by atoms with van der Waals surface area (Å²) in [6, 6.07) is 11.4. The summed E-state index contributed by atoms with van der Waals surface area (Å²) in [5.41, 5.74) is 2.06. The number of hydrogen-bond acceptors (Lipinski definition) is 2. The van der Waals surface area contributed by atoms with Crippen molar-refractivity contribution in [3.63, 3.8) is 0 Å². The van der Waals surface area contributed by atoms with E-state index in [1.54, 1.807) is 23.7 Å². The maximum absolute atomic E-state index is 13.1. The Hall–Kier alpha value is -2.60. The van der Waals surface area contributed by atoms with Crippen molar-refractivity contribution in [2.24, 2.45) is 12.0 Å². The van der Waals surface area contributed by atoms with Crippen molar-refractivity contribution >= 4 is 17.2 Å². The van der Waals surface area contributed by atoms with Crippen LogP contribution in [0.25, 0.3) is 11.3 Å². The van der Waals surface area contributed by atoms with Gasteiger partial charge in [-0.05, 0) is 61.0 Å². The second kappa shape index (κ2) is 6.49. The van der Waals surface area contributed by atoms with Crippen LogP contribution in [-0.2, 0) is 7.05 Å². The number of halogens is 2. The van der Waals surface area contributed by atoms with Gasteiger partial charge in [-0.15, -0.1) is 11.3 Å². The molecule has 2 aromatic carbocycles. The van der Waals surface area contributed by atoms with Crippen LogP contribution in [0.3, 0.4) is 0 Å². The number of thiazole rings is 1. The van der Waals surface area contributed by atoms with Crippen LogP contribution in [0.5, 0.6) is 0 Å². The van der Waals surface area contributed by atoms with E-state index in [0.717, 1.165) is 16.1 Å². The minimum atomic E-state index is -0.433. The Morgan fingerprint density at radius 3 is 2.12 bits per heavy atom. The molecule has 1 heterocycles. The predicted molar refractivity (Wildman–Crippen MR) is 89.7 cm³/mol. The number of hydrogen-bond donors (Lipinski definition) is 0. The van der Waals surface area contributed by atoms with Crippen molar-refractivity contribution in [2.75, 3.05) is 0 Å². The summed E-state index contributed by atoms with van der Waals surface area (Å²) < 4.78 is 27.8. The highest BCUT2D eigenvalue weighted by Gasteiger charge is 2.12. The number of benzene rings is 2. The second-order valence-corrected chi connectivity index (χ2v) is 6.46. The largest absolute Gasteiger partial charge is 0.319 e. The Kier molecular flexibility index (Phi) is 4.40. The molecule has 0 atom stereocenters. The molecule has 0 N–H and O–H groups in total. The first-order valence-electron chi connectivity index (χ1n) is 7.22. The van der Waals surface area contributed by atoms with E-state index in [2.05, 4.69) is 4.99 Å². The molecular formula is C18H14F2N2OS. The smallest absolute Gasteiger partial charge is 0.279 e. The van der Waals surface area contributed by atoms with Crippen LogP contribution in [0.15, 0.2) is 53.5 Å². The van der Waals surface area contributed by atoms with Crippen LogP contribution in [0.1, 0.15) is 15.2 Å². The highest BCUT2D eigenvalue weighted by Crippen LogP contribution is 2.24. The lowest BCUT2D eigenvalue weighted by Gasteiger charge is -2.04. The quantitative estimate of drug-likeness (QED) is 0.690. The molecule has 0 saturated heterocycles. The number of rotatable bonds is 2. The third-order valence-corrected chi connectivity index (χ3v) is 4.65. The van der Waals surface area contributed by atoms with E-state index in [0.29, 0.717) is 10.4 Å². The van der Waals surface area contributed by atoms with E-state index >= 15 is 0 Å². The average molecular weight is 344 g/mol. The van der Waals surface area contributed by atoms with Crippen molar-refractivity contribution in [2.45, 2.75) is 6.92 Å². The molecule has 24 heavy (non-hydrogen) atoms. The summed E-state index contributed by atoms with van der Waals surface area (Å²) in [6.45, 7) is 1.92. The first-order chi connectivity index (χ1) is 11.5. The Morgan fingerprint density at radius 1 is 1.00 bits per heavy atom. The van der Waals surface area contributed by atoms with E-state index in [4.69, 9.17) is 0 Å². The van der Waals surface area contributed by atoms with Gasteiger partial charge < -0.3 is 4.57 Å². The SMILES string of the molecule is Cc1sc(=NC(=O)c2ccc(F)cc2)n(C)c1-c1ccc(F)cc1. The fraction of sp³-hybridized carbons (Fsp3) is 0.111. The maximum atomic E-state index is 13.1. The molecule has 1 amide bonds. The van der Waals surface area contributed by atoms with Gasteiger partial charge in [0.25, 0.3) is 5.91 Å². The van der Waals surface area contributed by atoms with E-state index in [1.165, 1.54) is 47.7 Å². The molecule has 0 spiro atoms. The summed E-state index contributed by atoms with van der Waals surface area (Å²) in [7, 11) is 1.80. The van der Waals surface area contributed by atoms with Gasteiger partial charge >= 0.3 is 0 Å². The fourth-order valence-electron chi connectivity index (χ4n) is 2.43. The number of nitrogens with zero attached hydrogens (tertiary/aromatic N) is 2. The predicted octanol–water partition coefficient (Wildman–Crippen LogP) is 4.08. The molecule has 0 saturated carbocycles. The van der Waals surface area contributed by atoms with Crippen molar-refractivity contribution in [1.82, 2.24) is 4.57 Å². The summed E-state index contributed by atoms with van der Waals surface area (Å²) in [5, 5.41) is 0. The molecule has 0 fully saturated rings. The topological polar surface area (TPSA) is 34.4 Å². The molecular weight excluding hydrogens is 330 g/mol. The Bertz CT molecular complexity index is 954. The molecule has 3 rings (SSSR count). The van der Waals surface area contributed by atoms with Gasteiger partial charge in [0.05, 0.1) is 5.69 Å². The number of amides is 1. The molecule has 0 aliphatic rings. The highest BCUT2D eigenvalue weighted by atomic mass is 32.1. The maximum Gasteiger partial charge on any atom is 0.279 e. The van der Waals surface area contributed by atoms with Crippen molar-refractivity contribution < 1.29 is 13.6 Å². The molecule has 6 heteroatoms. The first-order valence-corrected chi connectivity index (χ1v) is 8.04. The first kappa shape index (κ1) is 16.3. The number of aromatic nitrogens is 1. The number of carbonyl (C=O) groups excluding carboxylic acids is 1. The fourth-order valence-corrected chi connectivity index (χ4v) is 3.41. The molecule has 3 nitrogen and oxygen atoms in total. The number of aryl methyl sites for hydroxylation is 1. The lowest BCUT2D eigenvalue weighted by molar-refractivity contribution is 0.0998. The van der Waals surface area contributed by atoms with Crippen molar-refractivity contribution in [3.8, 4) is 11.3 Å². The third-order valence-electron chi connectivity index (χ3n) is 3.61. The van der Waals surface area contributed by atoms with Crippen LogP contribution in [0.4, 0.5) is 8.78 Å². The minimum absolute atomic E-state index is 0.300. The van der Waals surface area contributed by atoms with Crippen molar-refractivity contribution in [1.29, 1.82) is 0 Å². The molecule has 1 aromatic heterocycles. The Balaban J connectivity index is 2.03. The molecule has 0 radical (unpaired) electrons. The average Bonchev–Trinajstić information content (AvgIpc) is 2.83. The van der Waals surface area contributed by atoms with Gasteiger partial charge in [-0.25, -0.2) is 8.78 Å². The molecule has 0 bridgehead atoms. The molecule has 0 aliphatic carbocycles.